The summed E-state index contributed by atoms with van der Waals surface area (Å²) in [4.78, 5) is 30.6. The maximum absolute atomic E-state index is 13.3. The van der Waals surface area contributed by atoms with Gasteiger partial charge in [-0.25, -0.2) is 4.98 Å². The molecule has 0 saturated heterocycles. The first kappa shape index (κ1) is 25.9. The molecule has 1 amide bonds. The number of hydrogen-bond acceptors (Lipinski definition) is 8. The summed E-state index contributed by atoms with van der Waals surface area (Å²) in [6, 6.07) is 12.5. The Morgan fingerprint density at radius 3 is 2.56 bits per heavy atom. The molecule has 1 N–H and O–H groups in total. The highest BCUT2D eigenvalue weighted by molar-refractivity contribution is 7.99. The predicted molar refractivity (Wildman–Crippen MR) is 144 cm³/mol. The fourth-order valence-electron chi connectivity index (χ4n) is 3.60. The quantitative estimate of drug-likeness (QED) is 0.219. The summed E-state index contributed by atoms with van der Waals surface area (Å²) < 4.78 is 18.2. The highest BCUT2D eigenvalue weighted by Gasteiger charge is 2.16. The van der Waals surface area contributed by atoms with Crippen LogP contribution in [0, 0.1) is 0 Å². The topological polar surface area (TPSA) is 91.7 Å². The molecule has 0 aliphatic heterocycles. The van der Waals surface area contributed by atoms with E-state index in [4.69, 9.17) is 25.8 Å². The molecule has 188 valence electrons. The van der Waals surface area contributed by atoms with Gasteiger partial charge in [-0.05, 0) is 53.8 Å². The van der Waals surface area contributed by atoms with Gasteiger partial charge in [0.1, 0.15) is 10.4 Å². The maximum Gasteiger partial charge on any atom is 0.272 e. The molecule has 0 radical (unpaired) electrons. The molecule has 0 aliphatic rings. The van der Waals surface area contributed by atoms with E-state index in [1.54, 1.807) is 43.1 Å². The molecule has 0 aliphatic carbocycles. The number of anilines is 1. The van der Waals surface area contributed by atoms with Crippen molar-refractivity contribution in [2.75, 3.05) is 32.4 Å². The molecule has 2 heterocycles. The van der Waals surface area contributed by atoms with Gasteiger partial charge in [-0.15, -0.1) is 11.3 Å². The number of amides is 1. The van der Waals surface area contributed by atoms with Crippen LogP contribution in [0.5, 0.6) is 17.2 Å². The third-order valence-electron chi connectivity index (χ3n) is 5.37. The van der Waals surface area contributed by atoms with E-state index in [2.05, 4.69) is 10.3 Å². The second kappa shape index (κ2) is 11.7. The summed E-state index contributed by atoms with van der Waals surface area (Å²) in [5, 5.41) is 5.60. The van der Waals surface area contributed by atoms with Crippen LogP contribution in [0.15, 0.2) is 57.8 Å². The number of thioether (sulfide) groups is 1. The molecule has 2 aromatic carbocycles. The summed E-state index contributed by atoms with van der Waals surface area (Å²) in [5.74, 6) is 1.54. The number of aryl methyl sites for hydroxylation is 1. The molecule has 4 rings (SSSR count). The third-order valence-corrected chi connectivity index (χ3v) is 7.47. The lowest BCUT2D eigenvalue weighted by Crippen LogP contribution is -2.24. The SMILES string of the molecule is COc1ccc(Cl)cc1NC(=O)CSc1nc2ccsc2c(=O)n1CCc1ccc(OC)c(OC)c1. The Balaban J connectivity index is 1.54. The van der Waals surface area contributed by atoms with Crippen molar-refractivity contribution in [2.45, 2.75) is 18.1 Å². The van der Waals surface area contributed by atoms with Crippen molar-refractivity contribution in [3.05, 3.63) is 68.8 Å². The second-order valence-corrected chi connectivity index (χ2v) is 9.90. The van der Waals surface area contributed by atoms with Crippen molar-refractivity contribution in [1.29, 1.82) is 0 Å². The Morgan fingerprint density at radius 1 is 1.06 bits per heavy atom. The molecule has 0 spiro atoms. The normalized spacial score (nSPS) is 10.9. The predicted octanol–water partition coefficient (Wildman–Crippen LogP) is 5.11. The van der Waals surface area contributed by atoms with E-state index in [1.165, 1.54) is 30.2 Å². The number of halogens is 1. The van der Waals surface area contributed by atoms with E-state index >= 15 is 0 Å². The standard InChI is InChI=1S/C25H24ClN3O5S2/c1-32-19-7-5-16(26)13-18(19)27-22(30)14-36-25-28-17-9-11-35-23(17)24(31)29(25)10-8-15-4-6-20(33-2)21(12-15)34-3/h4-7,9,11-13H,8,10,14H2,1-3H3,(H,27,30). The lowest BCUT2D eigenvalue weighted by Gasteiger charge is -2.14. The number of nitrogens with zero attached hydrogens (tertiary/aromatic N) is 2. The molecular formula is C25H24ClN3O5S2. The monoisotopic (exact) mass is 545 g/mol. The van der Waals surface area contributed by atoms with Gasteiger partial charge in [0.2, 0.25) is 5.91 Å². The molecule has 2 aromatic heterocycles. The minimum Gasteiger partial charge on any atom is -0.495 e. The molecule has 4 aromatic rings. The Bertz CT molecular complexity index is 1450. The van der Waals surface area contributed by atoms with Crippen LogP contribution in [0.1, 0.15) is 5.56 Å². The summed E-state index contributed by atoms with van der Waals surface area (Å²) >= 11 is 8.61. The number of nitrogens with one attached hydrogen (secondary N) is 1. The van der Waals surface area contributed by atoms with Crippen LogP contribution in [-0.4, -0.2) is 42.5 Å². The van der Waals surface area contributed by atoms with Crippen LogP contribution in [0.4, 0.5) is 5.69 Å². The van der Waals surface area contributed by atoms with Gasteiger partial charge >= 0.3 is 0 Å². The number of hydrogen-bond donors (Lipinski definition) is 1. The molecule has 0 fully saturated rings. The number of aromatic nitrogens is 2. The Labute approximate surface area is 221 Å². The highest BCUT2D eigenvalue weighted by atomic mass is 35.5. The number of fused-ring (bicyclic) bond motifs is 1. The van der Waals surface area contributed by atoms with Gasteiger partial charge < -0.3 is 19.5 Å². The van der Waals surface area contributed by atoms with Crippen LogP contribution in [0.25, 0.3) is 10.2 Å². The number of rotatable bonds is 10. The van der Waals surface area contributed by atoms with Gasteiger partial charge in [-0.3, -0.25) is 14.2 Å². The van der Waals surface area contributed by atoms with E-state index < -0.39 is 0 Å². The van der Waals surface area contributed by atoms with E-state index in [0.29, 0.717) is 56.3 Å². The van der Waals surface area contributed by atoms with Gasteiger partial charge in [0.05, 0.1) is 38.3 Å². The summed E-state index contributed by atoms with van der Waals surface area (Å²) in [7, 11) is 4.69. The van der Waals surface area contributed by atoms with Crippen molar-refractivity contribution in [3.63, 3.8) is 0 Å². The second-order valence-electron chi connectivity index (χ2n) is 7.61. The van der Waals surface area contributed by atoms with Crippen molar-refractivity contribution in [1.82, 2.24) is 9.55 Å². The molecule has 36 heavy (non-hydrogen) atoms. The smallest absolute Gasteiger partial charge is 0.272 e. The van der Waals surface area contributed by atoms with Crippen molar-refractivity contribution in [2.24, 2.45) is 0 Å². The van der Waals surface area contributed by atoms with Gasteiger partial charge in [0, 0.05) is 11.6 Å². The van der Waals surface area contributed by atoms with Crippen LogP contribution in [0.2, 0.25) is 5.02 Å². The number of carbonyl (C=O) groups is 1. The van der Waals surface area contributed by atoms with Gasteiger partial charge in [-0.1, -0.05) is 29.4 Å². The number of benzene rings is 2. The van der Waals surface area contributed by atoms with Crippen LogP contribution in [0.3, 0.4) is 0 Å². The molecule has 0 atom stereocenters. The molecule has 8 nitrogen and oxygen atoms in total. The average molecular weight is 546 g/mol. The summed E-state index contributed by atoms with van der Waals surface area (Å²) in [5.41, 5.74) is 1.94. The molecule has 0 bridgehead atoms. The first-order chi connectivity index (χ1) is 17.4. The molecule has 11 heteroatoms. The van der Waals surface area contributed by atoms with Crippen LogP contribution in [-0.2, 0) is 17.8 Å². The first-order valence-corrected chi connectivity index (χ1v) is 13.1. The van der Waals surface area contributed by atoms with Crippen molar-refractivity contribution < 1.29 is 19.0 Å². The largest absolute Gasteiger partial charge is 0.495 e. The van der Waals surface area contributed by atoms with Gasteiger partial charge in [0.15, 0.2) is 16.7 Å². The summed E-state index contributed by atoms with van der Waals surface area (Å²) in [6.45, 7) is 0.390. The number of methoxy groups -OCH3 is 3. The zero-order chi connectivity index (χ0) is 25.7. The van der Waals surface area contributed by atoms with Crippen LogP contribution >= 0.6 is 34.7 Å². The summed E-state index contributed by atoms with van der Waals surface area (Å²) in [6.07, 6.45) is 0.568. The van der Waals surface area contributed by atoms with E-state index in [1.807, 2.05) is 23.6 Å². The maximum atomic E-state index is 13.3. The minimum atomic E-state index is -0.272. The number of thiophene rings is 1. The Hall–Kier alpha value is -3.21. The van der Waals surface area contributed by atoms with Crippen LogP contribution < -0.4 is 25.1 Å². The zero-order valence-electron chi connectivity index (χ0n) is 19.9. The number of carbonyl (C=O) groups excluding carboxylic acids is 1. The lowest BCUT2D eigenvalue weighted by atomic mass is 10.1. The number of ether oxygens (including phenoxy) is 3. The molecular weight excluding hydrogens is 522 g/mol. The van der Waals surface area contributed by atoms with E-state index in [-0.39, 0.29) is 17.2 Å². The lowest BCUT2D eigenvalue weighted by molar-refractivity contribution is -0.113. The van der Waals surface area contributed by atoms with Crippen molar-refractivity contribution >= 4 is 56.5 Å². The Morgan fingerprint density at radius 2 is 1.81 bits per heavy atom. The van der Waals surface area contributed by atoms with Gasteiger partial charge in [0.25, 0.3) is 5.56 Å². The fourth-order valence-corrected chi connectivity index (χ4v) is 5.38. The van der Waals surface area contributed by atoms with E-state index in [0.717, 1.165) is 5.56 Å². The average Bonchev–Trinajstić information content (AvgIpc) is 3.36. The molecule has 0 saturated carbocycles. The highest BCUT2D eigenvalue weighted by Crippen LogP contribution is 2.29. The third kappa shape index (κ3) is 5.77. The fraction of sp³-hybridized carbons (Fsp3) is 0.240. The molecule has 0 unspecified atom stereocenters. The zero-order valence-corrected chi connectivity index (χ0v) is 22.3. The van der Waals surface area contributed by atoms with Crippen molar-refractivity contribution in [3.8, 4) is 17.2 Å². The Kier molecular flexibility index (Phi) is 8.40. The minimum absolute atomic E-state index is 0.0497. The van der Waals surface area contributed by atoms with Gasteiger partial charge in [-0.2, -0.15) is 0 Å². The first-order valence-electron chi connectivity index (χ1n) is 10.9. The van der Waals surface area contributed by atoms with E-state index in [9.17, 15) is 9.59 Å².